The molecule has 3 aromatic rings. The van der Waals surface area contributed by atoms with E-state index in [9.17, 15) is 28.8 Å². The number of imide groups is 2. The van der Waals surface area contributed by atoms with Crippen molar-refractivity contribution in [2.24, 2.45) is 17.6 Å². The van der Waals surface area contributed by atoms with Crippen LogP contribution < -0.4 is 25.8 Å². The van der Waals surface area contributed by atoms with E-state index in [-0.39, 0.29) is 58.5 Å². The number of urea groups is 1. The van der Waals surface area contributed by atoms with Crippen molar-refractivity contribution in [1.82, 2.24) is 30.0 Å². The Bertz CT molecular complexity index is 2200. The summed E-state index contributed by atoms with van der Waals surface area (Å²) in [5.41, 5.74) is 10.0. The molecule has 1 unspecified atom stereocenters. The fourth-order valence-electron chi connectivity index (χ4n) is 9.83. The molecule has 4 atom stereocenters. The molecular weight excluding hydrogens is 777 g/mol. The van der Waals surface area contributed by atoms with E-state index in [1.807, 2.05) is 18.0 Å². The summed E-state index contributed by atoms with van der Waals surface area (Å²) in [5, 5.41) is 2.25. The predicted molar refractivity (Wildman–Crippen MR) is 234 cm³/mol. The number of nitrogens with zero attached hydrogens (tertiary/aromatic N) is 8. The smallest absolute Gasteiger partial charge is 0.320 e. The molecule has 61 heavy (non-hydrogen) atoms. The molecule has 6 aliphatic rings. The summed E-state index contributed by atoms with van der Waals surface area (Å²) in [5.74, 6) is -0.977. The topological polar surface area (TPSA) is 186 Å². The Morgan fingerprint density at radius 3 is 2.13 bits per heavy atom. The number of carbonyl (C=O) groups excluding carboxylic acids is 6. The van der Waals surface area contributed by atoms with Crippen molar-refractivity contribution in [2.75, 3.05) is 74.1 Å². The number of nitrogens with two attached hydrogens (primary N) is 1. The molecular formula is C45H60N10O6. The van der Waals surface area contributed by atoms with Gasteiger partial charge in [-0.25, -0.2) is 14.8 Å². The van der Waals surface area contributed by atoms with Crippen LogP contribution in [0.1, 0.15) is 103 Å². The van der Waals surface area contributed by atoms with Crippen LogP contribution in [-0.2, 0) is 16.0 Å². The van der Waals surface area contributed by atoms with E-state index in [1.54, 1.807) is 23.2 Å². The average Bonchev–Trinajstić information content (AvgIpc) is 3.70. The second-order valence-electron chi connectivity index (χ2n) is 16.5. The molecule has 0 bridgehead atoms. The van der Waals surface area contributed by atoms with Crippen molar-refractivity contribution in [2.45, 2.75) is 79.3 Å². The molecule has 326 valence electrons. The van der Waals surface area contributed by atoms with Gasteiger partial charge in [-0.15, -0.1) is 0 Å². The van der Waals surface area contributed by atoms with Gasteiger partial charge in [-0.2, -0.15) is 0 Å². The number of fused-ring (bicyclic) bond motifs is 2. The number of primary amides is 1. The fraction of sp³-hybridized carbons (Fsp3) is 0.511. The maximum Gasteiger partial charge on any atom is 0.320 e. The number of rotatable bonds is 8. The van der Waals surface area contributed by atoms with E-state index in [1.165, 1.54) is 0 Å². The molecule has 2 aromatic carbocycles. The molecule has 16 nitrogen and oxygen atoms in total. The first kappa shape index (κ1) is 44.5. The van der Waals surface area contributed by atoms with Crippen LogP contribution in [0.25, 0.3) is 0 Å². The number of amides is 7. The summed E-state index contributed by atoms with van der Waals surface area (Å²) in [7, 11) is 1.83. The van der Waals surface area contributed by atoms with Gasteiger partial charge < -0.3 is 30.2 Å². The first-order valence-electron chi connectivity index (χ1n) is 20.4. The van der Waals surface area contributed by atoms with Crippen molar-refractivity contribution in [3.63, 3.8) is 0 Å². The van der Waals surface area contributed by atoms with Gasteiger partial charge >= 0.3 is 6.03 Å². The van der Waals surface area contributed by atoms with Crippen molar-refractivity contribution >= 4 is 52.8 Å². The quantitative estimate of drug-likeness (QED) is 0.311. The second-order valence-corrected chi connectivity index (χ2v) is 16.5. The van der Waals surface area contributed by atoms with Gasteiger partial charge in [0.25, 0.3) is 17.7 Å². The van der Waals surface area contributed by atoms with Crippen LogP contribution in [0.2, 0.25) is 0 Å². The van der Waals surface area contributed by atoms with Crippen LogP contribution in [0.15, 0.2) is 48.7 Å². The lowest BCUT2D eigenvalue weighted by atomic mass is 9.79. The summed E-state index contributed by atoms with van der Waals surface area (Å²) in [6, 6.07) is 12.9. The molecule has 0 radical (unpaired) electrons. The van der Waals surface area contributed by atoms with Gasteiger partial charge in [0.2, 0.25) is 11.8 Å². The molecule has 0 aliphatic carbocycles. The van der Waals surface area contributed by atoms with Crippen molar-refractivity contribution in [1.29, 1.82) is 0 Å². The van der Waals surface area contributed by atoms with Crippen LogP contribution in [-0.4, -0.2) is 132 Å². The molecule has 7 amide bonds. The molecule has 0 spiro atoms. The summed E-state index contributed by atoms with van der Waals surface area (Å²) in [4.78, 5) is 97.1. The molecule has 5 fully saturated rings. The van der Waals surface area contributed by atoms with Gasteiger partial charge in [0.1, 0.15) is 17.6 Å². The standard InChI is InChI=1S/C42H48N10O6.3CH4/c1-47-17-18-51(42(47)58)30-3-2-14-50(24-30)35-21-44-37(38(43)54)33(45-35)19-25-4-6-28(7-5-25)48-15-12-26-13-16-49(23-27(26)22-48)29-8-9-31-32(20-29)41(57)52(40(31)56)34-10-11-36(53)46-39(34)55;;;/h4-9,20-21,26-27,30,34H,2-3,10-19,22-24H2,1H3,(H2,43,54)(H,46,53,55);3*1H4/t26-,27+,30-,34?;;;/m1.../s1. The zero-order valence-electron chi connectivity index (χ0n) is 32.6. The molecule has 3 N–H and O–H groups in total. The summed E-state index contributed by atoms with van der Waals surface area (Å²) >= 11 is 0. The van der Waals surface area contributed by atoms with Crippen LogP contribution in [0.4, 0.5) is 22.0 Å². The third kappa shape index (κ3) is 8.36. The Hall–Kier alpha value is -6.06. The Kier molecular flexibility index (Phi) is 13.0. The average molecular weight is 837 g/mol. The zero-order valence-corrected chi connectivity index (χ0v) is 32.6. The number of nitrogens with one attached hydrogen (secondary N) is 1. The van der Waals surface area contributed by atoms with Crippen molar-refractivity contribution < 1.29 is 28.8 Å². The number of piperidine rings is 4. The van der Waals surface area contributed by atoms with Crippen molar-refractivity contribution in [3.8, 4) is 0 Å². The summed E-state index contributed by atoms with van der Waals surface area (Å²) in [6.45, 7) is 6.38. The molecule has 6 aliphatic heterocycles. The number of anilines is 3. The fourth-order valence-corrected chi connectivity index (χ4v) is 9.83. The molecule has 5 saturated heterocycles. The highest BCUT2D eigenvalue weighted by Gasteiger charge is 2.45. The van der Waals surface area contributed by atoms with E-state index < -0.39 is 35.6 Å². The van der Waals surface area contributed by atoms with Gasteiger partial charge in [-0.05, 0) is 79.8 Å². The molecule has 7 heterocycles. The third-order valence-electron chi connectivity index (χ3n) is 13.1. The Balaban J connectivity index is 0.00000207. The molecule has 1 aromatic heterocycles. The maximum absolute atomic E-state index is 13.5. The third-order valence-corrected chi connectivity index (χ3v) is 13.1. The van der Waals surface area contributed by atoms with Gasteiger partial charge in [-0.3, -0.25) is 34.2 Å². The van der Waals surface area contributed by atoms with Crippen LogP contribution in [0.5, 0.6) is 0 Å². The minimum Gasteiger partial charge on any atom is -0.371 e. The lowest BCUT2D eigenvalue weighted by Crippen LogP contribution is -2.54. The predicted octanol–water partition coefficient (Wildman–Crippen LogP) is 4.16. The number of benzene rings is 2. The highest BCUT2D eigenvalue weighted by molar-refractivity contribution is 6.23. The van der Waals surface area contributed by atoms with E-state index in [0.29, 0.717) is 41.9 Å². The second kappa shape index (κ2) is 17.9. The summed E-state index contributed by atoms with van der Waals surface area (Å²) < 4.78 is 0. The SMILES string of the molecule is C.C.C.CN1CCN([C@@H]2CCCN(c3cnc(C(N)=O)c(Cc4ccc(N5CC[C@@H]6CCN(c7ccc8c(c7)C(=O)N(C7CCC(=O)NC7=O)C8=O)C[C@@H]6C5)cc4)n3)C2)C1=O. The Morgan fingerprint density at radius 2 is 1.46 bits per heavy atom. The van der Waals surface area contributed by atoms with Crippen LogP contribution in [0.3, 0.4) is 0 Å². The monoisotopic (exact) mass is 836 g/mol. The minimum absolute atomic E-state index is 0. The van der Waals surface area contributed by atoms with Gasteiger partial charge in [0.15, 0.2) is 0 Å². The van der Waals surface area contributed by atoms with Crippen LogP contribution >= 0.6 is 0 Å². The molecule has 0 saturated carbocycles. The number of likely N-dealkylation sites (N-methyl/N-ethyl adjacent to an activating group) is 1. The zero-order chi connectivity index (χ0) is 40.2. The van der Waals surface area contributed by atoms with Gasteiger partial charge in [0, 0.05) is 83.6 Å². The van der Waals surface area contributed by atoms with E-state index in [2.05, 4.69) is 49.3 Å². The maximum atomic E-state index is 13.5. The Morgan fingerprint density at radius 1 is 0.770 bits per heavy atom. The van der Waals surface area contributed by atoms with Gasteiger partial charge in [0.05, 0.1) is 29.1 Å². The molecule has 16 heteroatoms. The largest absolute Gasteiger partial charge is 0.371 e. The normalized spacial score (nSPS) is 23.8. The van der Waals surface area contributed by atoms with Crippen LogP contribution in [0, 0.1) is 11.8 Å². The molecule has 9 rings (SSSR count). The number of hydrogen-bond donors (Lipinski definition) is 2. The van der Waals surface area contributed by atoms with Crippen molar-refractivity contribution in [3.05, 3.63) is 76.7 Å². The number of carbonyl (C=O) groups is 6. The summed E-state index contributed by atoms with van der Waals surface area (Å²) in [6.07, 6.45) is 6.18. The van der Waals surface area contributed by atoms with Gasteiger partial charge in [-0.1, -0.05) is 34.4 Å². The minimum atomic E-state index is -0.991. The highest BCUT2D eigenvalue weighted by atomic mass is 16.2. The first-order valence-corrected chi connectivity index (χ1v) is 20.4. The lowest BCUT2D eigenvalue weighted by molar-refractivity contribution is -0.136. The number of hydrogen-bond acceptors (Lipinski definition) is 11. The van der Waals surface area contributed by atoms with E-state index >= 15 is 0 Å². The number of aromatic nitrogens is 2. The first-order chi connectivity index (χ1) is 28.0. The van der Waals surface area contributed by atoms with E-state index in [4.69, 9.17) is 10.7 Å². The highest BCUT2D eigenvalue weighted by Crippen LogP contribution is 2.37. The Labute approximate surface area is 358 Å². The lowest BCUT2D eigenvalue weighted by Gasteiger charge is -2.46. The van der Waals surface area contributed by atoms with E-state index in [0.717, 1.165) is 93.3 Å².